The van der Waals surface area contributed by atoms with Gasteiger partial charge in [-0.25, -0.2) is 14.4 Å². The summed E-state index contributed by atoms with van der Waals surface area (Å²) in [6.07, 6.45) is 1.50. The number of carbonyl (C=O) groups is 2. The van der Waals surface area contributed by atoms with Crippen LogP contribution in [0.15, 0.2) is 42.6 Å². The molecule has 0 saturated heterocycles. The number of pyridine rings is 1. The lowest BCUT2D eigenvalue weighted by Gasteiger charge is -2.12. The van der Waals surface area contributed by atoms with E-state index in [4.69, 9.17) is 0 Å². The van der Waals surface area contributed by atoms with E-state index in [1.54, 1.807) is 25.1 Å². The number of rotatable bonds is 4. The van der Waals surface area contributed by atoms with Gasteiger partial charge in [-0.2, -0.15) is 0 Å². The standard InChI is InChI=1S/C22H18FN5O2S/c1-11-18-12(2)25-13(3)26-22(18)31-19(11)21(30)28-17-10-14(23)7-8-15(17)27-20(29)16-6-4-5-9-24-16/h4-10H,1-3H3,(H,27,29)(H,28,30). The zero-order valence-electron chi connectivity index (χ0n) is 17.0. The number of halogens is 1. The first-order chi connectivity index (χ1) is 14.8. The van der Waals surface area contributed by atoms with E-state index in [0.717, 1.165) is 27.5 Å². The van der Waals surface area contributed by atoms with Crippen LogP contribution in [0.25, 0.3) is 10.2 Å². The van der Waals surface area contributed by atoms with Gasteiger partial charge in [0.25, 0.3) is 11.8 Å². The van der Waals surface area contributed by atoms with Crippen molar-refractivity contribution >= 4 is 44.7 Å². The van der Waals surface area contributed by atoms with Gasteiger partial charge in [0.05, 0.1) is 16.3 Å². The molecule has 4 aromatic rings. The van der Waals surface area contributed by atoms with Crippen molar-refractivity contribution in [2.24, 2.45) is 0 Å². The summed E-state index contributed by atoms with van der Waals surface area (Å²) in [5.41, 5.74) is 2.16. The first-order valence-electron chi connectivity index (χ1n) is 9.41. The Morgan fingerprint density at radius 3 is 2.48 bits per heavy atom. The quantitative estimate of drug-likeness (QED) is 0.486. The van der Waals surface area contributed by atoms with Gasteiger partial charge in [-0.1, -0.05) is 6.07 Å². The van der Waals surface area contributed by atoms with E-state index < -0.39 is 17.6 Å². The fourth-order valence-electron chi connectivity index (χ4n) is 3.28. The van der Waals surface area contributed by atoms with Gasteiger partial charge in [0.2, 0.25) is 0 Å². The van der Waals surface area contributed by atoms with Crippen LogP contribution in [0.3, 0.4) is 0 Å². The van der Waals surface area contributed by atoms with Gasteiger partial charge in [0.1, 0.15) is 22.2 Å². The Hall–Kier alpha value is -3.72. The lowest BCUT2D eigenvalue weighted by molar-refractivity contribution is 0.101. The molecule has 0 spiro atoms. The summed E-state index contributed by atoms with van der Waals surface area (Å²) in [4.78, 5) is 39.4. The van der Waals surface area contributed by atoms with Gasteiger partial charge >= 0.3 is 0 Å². The first kappa shape index (κ1) is 20.5. The highest BCUT2D eigenvalue weighted by Gasteiger charge is 2.20. The minimum atomic E-state index is -0.545. The molecule has 156 valence electrons. The minimum absolute atomic E-state index is 0.144. The number of amides is 2. The molecule has 0 aliphatic heterocycles. The van der Waals surface area contributed by atoms with Crippen molar-refractivity contribution in [2.45, 2.75) is 20.8 Å². The maximum absolute atomic E-state index is 13.9. The highest BCUT2D eigenvalue weighted by molar-refractivity contribution is 7.20. The van der Waals surface area contributed by atoms with Crippen molar-refractivity contribution in [3.8, 4) is 0 Å². The van der Waals surface area contributed by atoms with Gasteiger partial charge in [-0.05, 0) is 56.7 Å². The number of benzene rings is 1. The summed E-state index contributed by atoms with van der Waals surface area (Å²) in [5.74, 6) is -0.807. The number of nitrogens with zero attached hydrogens (tertiary/aromatic N) is 3. The summed E-state index contributed by atoms with van der Waals surface area (Å²) < 4.78 is 13.9. The molecule has 0 aliphatic carbocycles. The maximum atomic E-state index is 13.9. The Morgan fingerprint density at radius 2 is 1.74 bits per heavy atom. The van der Waals surface area contributed by atoms with Crippen molar-refractivity contribution in [3.63, 3.8) is 0 Å². The van der Waals surface area contributed by atoms with Crippen molar-refractivity contribution in [2.75, 3.05) is 10.6 Å². The molecule has 4 rings (SSSR count). The Kier molecular flexibility index (Phi) is 5.43. The molecule has 0 radical (unpaired) electrons. The second kappa shape index (κ2) is 8.19. The lowest BCUT2D eigenvalue weighted by Crippen LogP contribution is -2.17. The molecule has 31 heavy (non-hydrogen) atoms. The summed E-state index contributed by atoms with van der Waals surface area (Å²) in [6.45, 7) is 5.50. The maximum Gasteiger partial charge on any atom is 0.274 e. The van der Waals surface area contributed by atoms with Crippen LogP contribution in [-0.4, -0.2) is 26.8 Å². The molecule has 2 amide bonds. The summed E-state index contributed by atoms with van der Waals surface area (Å²) in [6, 6.07) is 8.69. The molecule has 3 aromatic heterocycles. The van der Waals surface area contributed by atoms with Crippen LogP contribution in [0.1, 0.15) is 37.2 Å². The van der Waals surface area contributed by atoms with E-state index in [2.05, 4.69) is 25.6 Å². The molecule has 0 fully saturated rings. The first-order valence-corrected chi connectivity index (χ1v) is 10.2. The molecule has 0 atom stereocenters. The minimum Gasteiger partial charge on any atom is -0.319 e. The molecule has 9 heteroatoms. The second-order valence-electron chi connectivity index (χ2n) is 6.91. The Morgan fingerprint density at radius 1 is 0.968 bits per heavy atom. The molecule has 3 heterocycles. The molecule has 0 saturated carbocycles. The number of aryl methyl sites for hydroxylation is 3. The van der Waals surface area contributed by atoms with E-state index in [1.807, 2.05) is 13.8 Å². The van der Waals surface area contributed by atoms with Crippen molar-refractivity contribution in [1.82, 2.24) is 15.0 Å². The summed E-state index contributed by atoms with van der Waals surface area (Å²) in [5, 5.41) is 6.21. The fraction of sp³-hybridized carbons (Fsp3) is 0.136. The molecular formula is C22H18FN5O2S. The third kappa shape index (κ3) is 4.13. The molecule has 0 bridgehead atoms. The molecule has 7 nitrogen and oxygen atoms in total. The number of carbonyl (C=O) groups excluding carboxylic acids is 2. The van der Waals surface area contributed by atoms with Crippen LogP contribution < -0.4 is 10.6 Å². The third-order valence-electron chi connectivity index (χ3n) is 4.66. The highest BCUT2D eigenvalue weighted by Crippen LogP contribution is 2.32. The Balaban J connectivity index is 1.65. The fourth-order valence-corrected chi connectivity index (χ4v) is 4.45. The zero-order chi connectivity index (χ0) is 22.1. The number of thiophene rings is 1. The number of hydrogen-bond acceptors (Lipinski definition) is 6. The predicted molar refractivity (Wildman–Crippen MR) is 118 cm³/mol. The van der Waals surface area contributed by atoms with Crippen LogP contribution >= 0.6 is 11.3 Å². The SMILES string of the molecule is Cc1nc(C)c2c(C)c(C(=O)Nc3cc(F)ccc3NC(=O)c3ccccn3)sc2n1. The van der Waals surface area contributed by atoms with Gasteiger partial charge in [-0.15, -0.1) is 11.3 Å². The van der Waals surface area contributed by atoms with E-state index in [-0.39, 0.29) is 17.1 Å². The van der Waals surface area contributed by atoms with Crippen LogP contribution in [0.4, 0.5) is 15.8 Å². The largest absolute Gasteiger partial charge is 0.319 e. The molecule has 2 N–H and O–H groups in total. The predicted octanol–water partition coefficient (Wildman–Crippen LogP) is 4.66. The molecule has 0 unspecified atom stereocenters. The zero-order valence-corrected chi connectivity index (χ0v) is 17.8. The van der Waals surface area contributed by atoms with Crippen molar-refractivity contribution in [1.29, 1.82) is 0 Å². The normalized spacial score (nSPS) is 10.8. The number of hydrogen-bond donors (Lipinski definition) is 2. The summed E-state index contributed by atoms with van der Waals surface area (Å²) >= 11 is 1.25. The van der Waals surface area contributed by atoms with Crippen LogP contribution in [-0.2, 0) is 0 Å². The number of anilines is 2. The highest BCUT2D eigenvalue weighted by atomic mass is 32.1. The van der Waals surface area contributed by atoms with Gasteiger partial charge in [0, 0.05) is 17.3 Å². The molecule has 1 aromatic carbocycles. The van der Waals surface area contributed by atoms with Gasteiger partial charge in [-0.3, -0.25) is 14.6 Å². The number of fused-ring (bicyclic) bond motifs is 1. The smallest absolute Gasteiger partial charge is 0.274 e. The average molecular weight is 435 g/mol. The van der Waals surface area contributed by atoms with Crippen LogP contribution in [0.2, 0.25) is 0 Å². The van der Waals surface area contributed by atoms with Crippen molar-refractivity contribution < 1.29 is 14.0 Å². The topological polar surface area (TPSA) is 96.9 Å². The van der Waals surface area contributed by atoms with Crippen LogP contribution in [0, 0.1) is 26.6 Å². The average Bonchev–Trinajstić information content (AvgIpc) is 3.07. The third-order valence-corrected chi connectivity index (χ3v) is 5.85. The summed E-state index contributed by atoms with van der Waals surface area (Å²) in [7, 11) is 0. The van der Waals surface area contributed by atoms with E-state index >= 15 is 0 Å². The van der Waals surface area contributed by atoms with Gasteiger partial charge in [0.15, 0.2) is 0 Å². The monoisotopic (exact) mass is 435 g/mol. The Labute approximate surface area is 181 Å². The second-order valence-corrected chi connectivity index (χ2v) is 7.90. The number of aromatic nitrogens is 3. The lowest BCUT2D eigenvalue weighted by atomic mass is 10.1. The number of nitrogens with one attached hydrogen (secondary N) is 2. The van der Waals surface area contributed by atoms with E-state index in [0.29, 0.717) is 10.7 Å². The molecule has 0 aliphatic rings. The van der Waals surface area contributed by atoms with E-state index in [1.165, 1.54) is 29.7 Å². The van der Waals surface area contributed by atoms with Gasteiger partial charge < -0.3 is 10.6 Å². The van der Waals surface area contributed by atoms with Crippen molar-refractivity contribution in [3.05, 3.63) is 76.1 Å². The van der Waals surface area contributed by atoms with E-state index in [9.17, 15) is 14.0 Å². The molecular weight excluding hydrogens is 417 g/mol. The van der Waals surface area contributed by atoms with Crippen LogP contribution in [0.5, 0.6) is 0 Å². The Bertz CT molecular complexity index is 1320.